The van der Waals surface area contributed by atoms with E-state index in [1.807, 2.05) is 0 Å². The van der Waals surface area contributed by atoms with Crippen molar-refractivity contribution in [1.82, 2.24) is 20.1 Å². The van der Waals surface area contributed by atoms with Gasteiger partial charge in [-0.05, 0) is 0 Å². The van der Waals surface area contributed by atoms with Crippen molar-refractivity contribution < 1.29 is 4.79 Å². The highest BCUT2D eigenvalue weighted by molar-refractivity contribution is 6.55. The van der Waals surface area contributed by atoms with Crippen molar-refractivity contribution in [3.63, 3.8) is 0 Å². The molecular weight excluding hydrogens is 334 g/mol. The molecule has 5 nitrogen and oxygen atoms in total. The summed E-state index contributed by atoms with van der Waals surface area (Å²) < 4.78 is -0.405. The molecule has 108 valence electrons. The topological polar surface area (TPSA) is 59.8 Å². The number of nitrogens with one attached hydrogen (secondary N) is 1. The lowest BCUT2D eigenvalue weighted by molar-refractivity contribution is -0.128. The zero-order valence-corrected chi connectivity index (χ0v) is 13.6. The van der Waals surface area contributed by atoms with E-state index in [2.05, 4.69) is 15.4 Å². The summed E-state index contributed by atoms with van der Waals surface area (Å²) in [5.74, 6) is -0.291. The smallest absolute Gasteiger partial charge is 0.226 e. The van der Waals surface area contributed by atoms with Gasteiger partial charge >= 0.3 is 0 Å². The zero-order valence-electron chi connectivity index (χ0n) is 10.6. The molecule has 1 aromatic heterocycles. The monoisotopic (exact) mass is 346 g/mol. The highest BCUT2D eigenvalue weighted by Crippen LogP contribution is 2.41. The summed E-state index contributed by atoms with van der Waals surface area (Å²) in [7, 11) is 0. The standard InChI is InChI=1S/C10H14Cl4N4O/c1-9(2,3)8(19)17-6(11)10(13,14)7(12)18-5-15-4-16-18/h4-7H,1-3H3,(H,17,19). The lowest BCUT2D eigenvalue weighted by Crippen LogP contribution is -2.49. The van der Waals surface area contributed by atoms with Gasteiger partial charge in [-0.15, -0.1) is 0 Å². The lowest BCUT2D eigenvalue weighted by Gasteiger charge is -2.31. The van der Waals surface area contributed by atoms with Gasteiger partial charge in [-0.1, -0.05) is 67.2 Å². The average molecular weight is 348 g/mol. The van der Waals surface area contributed by atoms with Gasteiger partial charge in [0.2, 0.25) is 5.91 Å². The van der Waals surface area contributed by atoms with Gasteiger partial charge in [0, 0.05) is 5.41 Å². The Kier molecular flexibility index (Phi) is 5.35. The number of nitrogens with zero attached hydrogens (tertiary/aromatic N) is 3. The van der Waals surface area contributed by atoms with Crippen molar-refractivity contribution in [2.45, 2.75) is 36.1 Å². The molecule has 2 unspecified atom stereocenters. The van der Waals surface area contributed by atoms with Crippen LogP contribution in [-0.2, 0) is 4.79 Å². The Labute approximate surface area is 131 Å². The SMILES string of the molecule is CC(C)(C)C(=O)NC(Cl)C(Cl)(Cl)C(Cl)n1cncn1. The fourth-order valence-corrected chi connectivity index (χ4v) is 1.88. The van der Waals surface area contributed by atoms with Gasteiger partial charge < -0.3 is 5.32 Å². The first-order chi connectivity index (χ1) is 8.56. The van der Waals surface area contributed by atoms with Gasteiger partial charge in [0.15, 0.2) is 9.83 Å². The predicted molar refractivity (Wildman–Crippen MR) is 76.6 cm³/mol. The summed E-state index contributed by atoms with van der Waals surface area (Å²) in [4.78, 5) is 15.6. The molecule has 1 rings (SSSR count). The number of rotatable bonds is 4. The Hall–Kier alpha value is -0.230. The van der Waals surface area contributed by atoms with Crippen LogP contribution >= 0.6 is 46.4 Å². The fraction of sp³-hybridized carbons (Fsp3) is 0.700. The molecule has 0 aliphatic heterocycles. The summed E-state index contributed by atoms with van der Waals surface area (Å²) in [6.45, 7) is 5.23. The third-order valence-corrected chi connectivity index (χ3v) is 4.56. The molecule has 0 aromatic carbocycles. The van der Waals surface area contributed by atoms with E-state index < -0.39 is 20.8 Å². The summed E-state index contributed by atoms with van der Waals surface area (Å²) in [5.41, 5.74) is -2.69. The van der Waals surface area contributed by atoms with Gasteiger partial charge in [0.05, 0.1) is 0 Å². The largest absolute Gasteiger partial charge is 0.337 e. The molecule has 9 heteroatoms. The van der Waals surface area contributed by atoms with Crippen LogP contribution in [0.2, 0.25) is 0 Å². The molecule has 0 radical (unpaired) electrons. The van der Waals surface area contributed by atoms with E-state index in [0.29, 0.717) is 0 Å². The maximum Gasteiger partial charge on any atom is 0.226 e. The highest BCUT2D eigenvalue weighted by Gasteiger charge is 2.44. The van der Waals surface area contributed by atoms with Crippen LogP contribution in [0.1, 0.15) is 26.3 Å². The highest BCUT2D eigenvalue weighted by atomic mass is 35.5. The minimum atomic E-state index is -1.66. The van der Waals surface area contributed by atoms with Gasteiger partial charge in [0.25, 0.3) is 0 Å². The van der Waals surface area contributed by atoms with Crippen LogP contribution in [-0.4, -0.2) is 30.5 Å². The molecule has 19 heavy (non-hydrogen) atoms. The van der Waals surface area contributed by atoms with Gasteiger partial charge in [-0.2, -0.15) is 5.10 Å². The first kappa shape index (κ1) is 16.8. The second-order valence-corrected chi connectivity index (χ2v) is 7.27. The number of alkyl halides is 4. The van der Waals surface area contributed by atoms with Crippen molar-refractivity contribution in [1.29, 1.82) is 0 Å². The fourth-order valence-electron chi connectivity index (χ4n) is 1.06. The number of carbonyl (C=O) groups is 1. The van der Waals surface area contributed by atoms with Gasteiger partial charge in [0.1, 0.15) is 18.2 Å². The summed E-state index contributed by atoms with van der Waals surface area (Å²) in [5, 5.41) is 6.35. The van der Waals surface area contributed by atoms with E-state index in [1.165, 1.54) is 17.3 Å². The Morgan fingerprint density at radius 2 is 1.89 bits per heavy atom. The lowest BCUT2D eigenvalue weighted by atomic mass is 9.96. The number of halogens is 4. The normalized spacial score (nSPS) is 15.9. The van der Waals surface area contributed by atoms with Crippen molar-refractivity contribution >= 4 is 52.3 Å². The van der Waals surface area contributed by atoms with E-state index >= 15 is 0 Å². The Bertz CT molecular complexity index is 429. The predicted octanol–water partition coefficient (Wildman–Crippen LogP) is 2.92. The van der Waals surface area contributed by atoms with Crippen molar-refractivity contribution in [2.24, 2.45) is 5.41 Å². The Balaban J connectivity index is 2.79. The van der Waals surface area contributed by atoms with Crippen LogP contribution in [0.25, 0.3) is 0 Å². The van der Waals surface area contributed by atoms with Gasteiger partial charge in [-0.25, -0.2) is 9.67 Å². The number of carbonyl (C=O) groups excluding carboxylic acids is 1. The zero-order chi connectivity index (χ0) is 14.8. The third kappa shape index (κ3) is 4.12. The molecule has 1 N–H and O–H groups in total. The van der Waals surface area contributed by atoms with E-state index in [0.717, 1.165) is 0 Å². The molecular formula is C10H14Cl4N4O. The molecule has 0 saturated carbocycles. The first-order valence-electron chi connectivity index (χ1n) is 5.38. The number of aromatic nitrogens is 3. The van der Waals surface area contributed by atoms with Crippen LogP contribution in [0.5, 0.6) is 0 Å². The van der Waals surface area contributed by atoms with Crippen LogP contribution in [0.15, 0.2) is 12.7 Å². The Morgan fingerprint density at radius 3 is 2.32 bits per heavy atom. The molecule has 2 atom stereocenters. The molecule has 0 fully saturated rings. The third-order valence-electron chi connectivity index (χ3n) is 2.26. The number of hydrogen-bond donors (Lipinski definition) is 1. The van der Waals surface area contributed by atoms with Crippen LogP contribution in [0.3, 0.4) is 0 Å². The summed E-state index contributed by atoms with van der Waals surface area (Å²) >= 11 is 24.4. The molecule has 0 saturated heterocycles. The summed E-state index contributed by atoms with van der Waals surface area (Å²) in [6, 6.07) is 0. The van der Waals surface area contributed by atoms with E-state index in [4.69, 9.17) is 46.4 Å². The second-order valence-electron chi connectivity index (χ2n) is 4.97. The van der Waals surface area contributed by atoms with Crippen molar-refractivity contribution in [3.05, 3.63) is 12.7 Å². The average Bonchev–Trinajstić information content (AvgIpc) is 2.79. The van der Waals surface area contributed by atoms with Crippen LogP contribution in [0, 0.1) is 5.41 Å². The molecule has 0 spiro atoms. The summed E-state index contributed by atoms with van der Waals surface area (Å²) in [6.07, 6.45) is 2.64. The molecule has 1 aromatic rings. The number of amides is 1. The second kappa shape index (κ2) is 6.04. The molecule has 1 heterocycles. The van der Waals surface area contributed by atoms with Gasteiger partial charge in [-0.3, -0.25) is 4.79 Å². The minimum absolute atomic E-state index is 0.291. The van der Waals surface area contributed by atoms with Crippen LogP contribution in [0.4, 0.5) is 0 Å². The Morgan fingerprint density at radius 1 is 1.32 bits per heavy atom. The maximum atomic E-state index is 11.8. The van der Waals surface area contributed by atoms with E-state index in [1.54, 1.807) is 20.8 Å². The quantitative estimate of drug-likeness (QED) is 0.672. The van der Waals surface area contributed by atoms with E-state index in [-0.39, 0.29) is 5.91 Å². The molecule has 1 amide bonds. The number of hydrogen-bond acceptors (Lipinski definition) is 3. The van der Waals surface area contributed by atoms with E-state index in [9.17, 15) is 4.79 Å². The molecule has 0 aliphatic carbocycles. The maximum absolute atomic E-state index is 11.8. The molecule has 0 bridgehead atoms. The first-order valence-corrected chi connectivity index (χ1v) is 7.00. The van der Waals surface area contributed by atoms with Crippen LogP contribution < -0.4 is 5.32 Å². The van der Waals surface area contributed by atoms with Crippen molar-refractivity contribution in [3.8, 4) is 0 Å². The molecule has 0 aliphatic rings. The minimum Gasteiger partial charge on any atom is -0.337 e. The van der Waals surface area contributed by atoms with Crippen molar-refractivity contribution in [2.75, 3.05) is 0 Å².